The maximum absolute atomic E-state index is 13.1. The van der Waals surface area contributed by atoms with Gasteiger partial charge < -0.3 is 22.1 Å². The second-order valence-electron chi connectivity index (χ2n) is 8.38. The van der Waals surface area contributed by atoms with Gasteiger partial charge in [-0.25, -0.2) is 18.4 Å². The lowest BCUT2D eigenvalue weighted by molar-refractivity contribution is -0.137. The summed E-state index contributed by atoms with van der Waals surface area (Å²) in [5.74, 6) is 0.268. The van der Waals surface area contributed by atoms with Crippen LogP contribution in [-0.4, -0.2) is 36.7 Å². The first kappa shape index (κ1) is 25.5. The number of anilines is 4. The molecule has 0 atom stereocenters. The highest BCUT2D eigenvalue weighted by atomic mass is 32.2. The molecule has 0 saturated carbocycles. The fraction of sp³-hybridized carbons (Fsp3) is 0.250. The summed E-state index contributed by atoms with van der Waals surface area (Å²) in [7, 11) is -3.39. The molecular formula is C24H25F3N6O2S. The Morgan fingerprint density at radius 2 is 1.64 bits per heavy atom. The van der Waals surface area contributed by atoms with Gasteiger partial charge in [0.15, 0.2) is 9.84 Å². The monoisotopic (exact) mass is 518 g/mol. The fourth-order valence-corrected chi connectivity index (χ4v) is 5.59. The fourth-order valence-electron chi connectivity index (χ4n) is 3.83. The van der Waals surface area contributed by atoms with Gasteiger partial charge in [0, 0.05) is 29.2 Å². The van der Waals surface area contributed by atoms with Crippen molar-refractivity contribution in [2.24, 2.45) is 0 Å². The number of halogens is 3. The summed E-state index contributed by atoms with van der Waals surface area (Å²) in [4.78, 5) is 8.66. The van der Waals surface area contributed by atoms with Gasteiger partial charge in [0.1, 0.15) is 0 Å². The summed E-state index contributed by atoms with van der Waals surface area (Å²) in [6.45, 7) is 1.38. The van der Waals surface area contributed by atoms with Crippen molar-refractivity contribution in [3.05, 3.63) is 65.5 Å². The van der Waals surface area contributed by atoms with E-state index in [2.05, 4.69) is 20.6 Å². The van der Waals surface area contributed by atoms with Gasteiger partial charge in [-0.05, 0) is 62.3 Å². The topological polar surface area (TPSA) is 136 Å². The van der Waals surface area contributed by atoms with E-state index in [1.54, 1.807) is 24.3 Å². The number of nitrogens with one attached hydrogen (secondary N) is 2. The van der Waals surface area contributed by atoms with Crippen molar-refractivity contribution < 1.29 is 21.6 Å². The van der Waals surface area contributed by atoms with Crippen molar-refractivity contribution in [3.8, 4) is 0 Å². The number of rotatable bonds is 6. The number of aromatic nitrogens is 2. The maximum atomic E-state index is 13.1. The number of hydrogen-bond acceptors (Lipinski definition) is 8. The van der Waals surface area contributed by atoms with Crippen LogP contribution in [0.1, 0.15) is 29.5 Å². The van der Waals surface area contributed by atoms with Crippen molar-refractivity contribution in [2.45, 2.75) is 29.2 Å². The summed E-state index contributed by atoms with van der Waals surface area (Å²) in [6.07, 6.45) is 2.53. The number of sulfone groups is 1. The number of nitrogens with zero attached hydrogens (tertiary/aromatic N) is 2. The molecule has 1 fully saturated rings. The number of nitrogens with two attached hydrogens (primary N) is 2. The van der Waals surface area contributed by atoms with Gasteiger partial charge in [0.25, 0.3) is 0 Å². The van der Waals surface area contributed by atoms with E-state index in [1.165, 1.54) is 24.5 Å². The second kappa shape index (κ2) is 10.2. The molecule has 0 radical (unpaired) electrons. The first-order valence-electron chi connectivity index (χ1n) is 11.1. The number of nitrogen functional groups attached to an aromatic ring is 2. The van der Waals surface area contributed by atoms with E-state index < -0.39 is 21.6 Å². The molecule has 36 heavy (non-hydrogen) atoms. The van der Waals surface area contributed by atoms with Crippen LogP contribution in [0.5, 0.6) is 0 Å². The lowest BCUT2D eigenvalue weighted by Crippen LogP contribution is -2.35. The van der Waals surface area contributed by atoms with Crippen LogP contribution in [0.3, 0.4) is 0 Å². The largest absolute Gasteiger partial charge is 0.416 e. The van der Waals surface area contributed by atoms with E-state index in [-0.39, 0.29) is 33.0 Å². The summed E-state index contributed by atoms with van der Waals surface area (Å²) < 4.78 is 64.8. The Hall–Kier alpha value is -3.64. The Morgan fingerprint density at radius 3 is 2.25 bits per heavy atom. The highest BCUT2D eigenvalue weighted by Crippen LogP contribution is 2.35. The molecule has 190 valence electrons. The zero-order valence-electron chi connectivity index (χ0n) is 19.1. The summed E-state index contributed by atoms with van der Waals surface area (Å²) in [6, 6.07) is 8.13. The van der Waals surface area contributed by atoms with Crippen LogP contribution >= 0.6 is 0 Å². The summed E-state index contributed by atoms with van der Waals surface area (Å²) >= 11 is 0. The van der Waals surface area contributed by atoms with Gasteiger partial charge in [-0.2, -0.15) is 13.2 Å². The van der Waals surface area contributed by atoms with Crippen molar-refractivity contribution in [1.82, 2.24) is 15.3 Å². The smallest absolute Gasteiger partial charge is 0.397 e. The molecule has 0 unspecified atom stereocenters. The molecule has 6 N–H and O–H groups in total. The minimum Gasteiger partial charge on any atom is -0.397 e. The number of hydrogen-bond donors (Lipinski definition) is 4. The molecule has 3 aromatic rings. The minimum absolute atomic E-state index is 0.0454. The molecule has 1 aromatic heterocycles. The third-order valence-electron chi connectivity index (χ3n) is 5.86. The maximum Gasteiger partial charge on any atom is 0.416 e. The molecule has 1 aliphatic heterocycles. The normalized spacial score (nSPS) is 15.3. The van der Waals surface area contributed by atoms with E-state index in [0.29, 0.717) is 37.2 Å². The molecule has 0 spiro atoms. The first-order chi connectivity index (χ1) is 17.0. The molecule has 1 saturated heterocycles. The molecule has 0 aliphatic carbocycles. The highest BCUT2D eigenvalue weighted by molar-refractivity contribution is 7.92. The average Bonchev–Trinajstić information content (AvgIpc) is 2.86. The van der Waals surface area contributed by atoms with Crippen LogP contribution in [-0.2, 0) is 16.0 Å². The van der Waals surface area contributed by atoms with E-state index >= 15 is 0 Å². The van der Waals surface area contributed by atoms with E-state index in [1.807, 2.05) is 0 Å². The highest BCUT2D eigenvalue weighted by Gasteiger charge is 2.31. The van der Waals surface area contributed by atoms with Crippen LogP contribution in [0.15, 0.2) is 53.7 Å². The second-order valence-corrected chi connectivity index (χ2v) is 10.6. The van der Waals surface area contributed by atoms with E-state index in [4.69, 9.17) is 11.5 Å². The van der Waals surface area contributed by atoms with Gasteiger partial charge in [-0.15, -0.1) is 0 Å². The van der Waals surface area contributed by atoms with Crippen LogP contribution in [0, 0.1) is 0 Å². The molecule has 0 bridgehead atoms. The Labute approximate surface area is 206 Å². The van der Waals surface area contributed by atoms with Crippen LogP contribution in [0.2, 0.25) is 0 Å². The lowest BCUT2D eigenvalue weighted by atomic mass is 10.1. The Balaban J connectivity index is 1.44. The first-order valence-corrected chi connectivity index (χ1v) is 12.7. The third kappa shape index (κ3) is 5.77. The molecule has 1 aliphatic rings. The third-order valence-corrected chi connectivity index (χ3v) is 8.14. The molecule has 8 nitrogen and oxygen atoms in total. The van der Waals surface area contributed by atoms with Crippen molar-refractivity contribution >= 4 is 45.0 Å². The SMILES string of the molecule is Nc1cc(C(F)(F)F)cc(/C=C/c2cnc(Nc3ccc(S(=O)(=O)C4CCNCC4)cc3)nc2)c1N. The molecule has 2 heterocycles. The van der Waals surface area contributed by atoms with Gasteiger partial charge >= 0.3 is 6.18 Å². The summed E-state index contributed by atoms with van der Waals surface area (Å²) in [5, 5.41) is 5.77. The van der Waals surface area contributed by atoms with Gasteiger partial charge in [0.2, 0.25) is 5.95 Å². The van der Waals surface area contributed by atoms with Crippen molar-refractivity contribution in [3.63, 3.8) is 0 Å². The zero-order valence-corrected chi connectivity index (χ0v) is 19.9. The van der Waals surface area contributed by atoms with E-state index in [0.717, 1.165) is 12.1 Å². The minimum atomic E-state index is -4.55. The molecule has 0 amide bonds. The van der Waals surface area contributed by atoms with Crippen LogP contribution < -0.4 is 22.1 Å². The quantitative estimate of drug-likeness (QED) is 0.358. The standard InChI is InChI=1S/C24H25F3N6O2S/c25-24(26,27)17-11-16(22(29)21(28)12-17)2-1-15-13-31-23(32-14-15)33-18-3-5-19(6-4-18)36(34,35)20-7-9-30-10-8-20/h1-6,11-14,20,30H,7-10,28-29H2,(H,31,32,33)/b2-1+. The molecule has 12 heteroatoms. The Kier molecular flexibility index (Phi) is 7.18. The lowest BCUT2D eigenvalue weighted by Gasteiger charge is -2.22. The molecule has 4 rings (SSSR count). The molecule has 2 aromatic carbocycles. The van der Waals surface area contributed by atoms with Gasteiger partial charge in [-0.3, -0.25) is 0 Å². The number of piperidine rings is 1. The Bertz CT molecular complexity index is 1350. The predicted molar refractivity (Wildman–Crippen MR) is 134 cm³/mol. The van der Waals surface area contributed by atoms with Gasteiger partial charge in [-0.1, -0.05) is 12.2 Å². The van der Waals surface area contributed by atoms with Crippen molar-refractivity contribution in [1.29, 1.82) is 0 Å². The molecular weight excluding hydrogens is 493 g/mol. The predicted octanol–water partition coefficient (Wildman–Crippen LogP) is 4.10. The number of benzene rings is 2. The zero-order chi connectivity index (χ0) is 25.9. The average molecular weight is 519 g/mol. The summed E-state index contributed by atoms with van der Waals surface area (Å²) in [5.41, 5.74) is 11.7. The van der Waals surface area contributed by atoms with Crippen LogP contribution in [0.4, 0.5) is 36.2 Å². The van der Waals surface area contributed by atoms with Crippen LogP contribution in [0.25, 0.3) is 12.2 Å². The number of alkyl halides is 3. The van der Waals surface area contributed by atoms with Gasteiger partial charge in [0.05, 0.1) is 27.1 Å². The van der Waals surface area contributed by atoms with Crippen molar-refractivity contribution in [2.75, 3.05) is 29.9 Å². The Morgan fingerprint density at radius 1 is 1.00 bits per heavy atom. The van der Waals surface area contributed by atoms with E-state index in [9.17, 15) is 21.6 Å².